The van der Waals surface area contributed by atoms with Gasteiger partial charge in [-0.2, -0.15) is 0 Å². The van der Waals surface area contributed by atoms with Crippen LogP contribution in [0.3, 0.4) is 0 Å². The highest BCUT2D eigenvalue weighted by Crippen LogP contribution is 2.11. The van der Waals surface area contributed by atoms with Gasteiger partial charge in [0.2, 0.25) is 5.91 Å². The first-order chi connectivity index (χ1) is 6.59. The molecule has 0 aliphatic carbocycles. The molecule has 3 heteroatoms. The Morgan fingerprint density at radius 2 is 2.43 bits per heavy atom. The maximum atomic E-state index is 10.7. The van der Waals surface area contributed by atoms with E-state index < -0.39 is 0 Å². The molecule has 1 rings (SSSR count). The maximum Gasteiger partial charge on any atom is 0.217 e. The third-order valence-electron chi connectivity index (χ3n) is 2.48. The molecule has 1 atom stereocenters. The minimum atomic E-state index is 0.0185. The second kappa shape index (κ2) is 4.84. The molecule has 1 aliphatic heterocycles. The van der Waals surface area contributed by atoms with Gasteiger partial charge >= 0.3 is 0 Å². The molecular weight excluding hydrogens is 176 g/mol. The summed E-state index contributed by atoms with van der Waals surface area (Å²) in [7, 11) is 2.07. The van der Waals surface area contributed by atoms with Crippen molar-refractivity contribution in [1.82, 2.24) is 10.2 Å². The van der Waals surface area contributed by atoms with Crippen LogP contribution >= 0.6 is 0 Å². The van der Waals surface area contributed by atoms with Crippen molar-refractivity contribution < 1.29 is 4.79 Å². The number of carbonyl (C=O) groups excluding carboxylic acids is 1. The molecule has 1 aliphatic rings. The number of hydrogen-bond donors (Lipinski definition) is 1. The Kier molecular flexibility index (Phi) is 3.74. The average Bonchev–Trinajstić information content (AvgIpc) is 2.28. The fourth-order valence-electron chi connectivity index (χ4n) is 1.27. The summed E-state index contributed by atoms with van der Waals surface area (Å²) in [6, 6.07) is 0.529. The predicted octanol–water partition coefficient (Wildman–Crippen LogP) is 1.29. The highest BCUT2D eigenvalue weighted by molar-refractivity contribution is 5.73. The molecule has 1 unspecified atom stereocenters. The summed E-state index contributed by atoms with van der Waals surface area (Å²) in [6.07, 6.45) is 7.32. The number of rotatable bonds is 2. The Bertz CT molecular complexity index is 268. The molecule has 0 fully saturated rings. The molecule has 1 amide bonds. The van der Waals surface area contributed by atoms with E-state index in [4.69, 9.17) is 0 Å². The molecular formula is C11H18N2O. The Hall–Kier alpha value is -1.25. The number of amides is 1. The topological polar surface area (TPSA) is 32.3 Å². The molecule has 0 bridgehead atoms. The van der Waals surface area contributed by atoms with Crippen LogP contribution in [-0.4, -0.2) is 30.4 Å². The minimum absolute atomic E-state index is 0.0185. The minimum Gasteiger partial charge on any atom is -0.377 e. The second-order valence-electron chi connectivity index (χ2n) is 3.75. The summed E-state index contributed by atoms with van der Waals surface area (Å²) in [5.41, 5.74) is 1.18. The molecule has 0 aromatic heterocycles. The van der Waals surface area contributed by atoms with E-state index in [0.29, 0.717) is 12.6 Å². The molecule has 0 saturated carbocycles. The SMILES string of the molecule is CC(=O)NCC1=CCC(C)N(C)C=C1. The third-order valence-corrected chi connectivity index (χ3v) is 2.48. The molecule has 0 spiro atoms. The molecule has 78 valence electrons. The highest BCUT2D eigenvalue weighted by atomic mass is 16.1. The fourth-order valence-corrected chi connectivity index (χ4v) is 1.27. The number of carbonyl (C=O) groups is 1. The van der Waals surface area contributed by atoms with E-state index in [0.717, 1.165) is 6.42 Å². The second-order valence-corrected chi connectivity index (χ2v) is 3.75. The summed E-state index contributed by atoms with van der Waals surface area (Å²) in [5.74, 6) is 0.0185. The molecule has 14 heavy (non-hydrogen) atoms. The van der Waals surface area contributed by atoms with Crippen molar-refractivity contribution in [2.75, 3.05) is 13.6 Å². The van der Waals surface area contributed by atoms with E-state index in [1.807, 2.05) is 0 Å². The zero-order valence-corrected chi connectivity index (χ0v) is 9.08. The van der Waals surface area contributed by atoms with E-state index >= 15 is 0 Å². The number of hydrogen-bond acceptors (Lipinski definition) is 2. The van der Waals surface area contributed by atoms with Gasteiger partial charge in [0.05, 0.1) is 0 Å². The van der Waals surface area contributed by atoms with Gasteiger partial charge in [0.1, 0.15) is 0 Å². The van der Waals surface area contributed by atoms with Crippen molar-refractivity contribution in [3.63, 3.8) is 0 Å². The highest BCUT2D eigenvalue weighted by Gasteiger charge is 2.07. The van der Waals surface area contributed by atoms with E-state index in [1.54, 1.807) is 0 Å². The van der Waals surface area contributed by atoms with Crippen molar-refractivity contribution in [2.45, 2.75) is 26.3 Å². The van der Waals surface area contributed by atoms with Gasteiger partial charge in [0.15, 0.2) is 0 Å². The molecule has 0 aromatic carbocycles. The summed E-state index contributed by atoms with van der Waals surface area (Å²) in [6.45, 7) is 4.35. The first kappa shape index (κ1) is 10.8. The van der Waals surface area contributed by atoms with E-state index in [2.05, 4.69) is 42.5 Å². The van der Waals surface area contributed by atoms with Gasteiger partial charge in [-0.15, -0.1) is 0 Å². The fraction of sp³-hybridized carbons (Fsp3) is 0.545. The largest absolute Gasteiger partial charge is 0.377 e. The van der Waals surface area contributed by atoms with Crippen molar-refractivity contribution in [1.29, 1.82) is 0 Å². The monoisotopic (exact) mass is 194 g/mol. The van der Waals surface area contributed by atoms with Crippen LogP contribution in [-0.2, 0) is 4.79 Å². The van der Waals surface area contributed by atoms with Crippen molar-refractivity contribution in [3.05, 3.63) is 23.9 Å². The van der Waals surface area contributed by atoms with Crippen LogP contribution in [0.15, 0.2) is 23.9 Å². The van der Waals surface area contributed by atoms with Crippen LogP contribution < -0.4 is 5.32 Å². The smallest absolute Gasteiger partial charge is 0.217 e. The summed E-state index contributed by atoms with van der Waals surface area (Å²) < 4.78 is 0. The Balaban J connectivity index is 2.53. The molecule has 0 aromatic rings. The van der Waals surface area contributed by atoms with Crippen LogP contribution in [0.25, 0.3) is 0 Å². The zero-order valence-electron chi connectivity index (χ0n) is 9.08. The van der Waals surface area contributed by atoms with Crippen molar-refractivity contribution in [2.24, 2.45) is 0 Å². The van der Waals surface area contributed by atoms with Gasteiger partial charge in [-0.3, -0.25) is 4.79 Å². The van der Waals surface area contributed by atoms with E-state index in [-0.39, 0.29) is 5.91 Å². The first-order valence-electron chi connectivity index (χ1n) is 4.93. The summed E-state index contributed by atoms with van der Waals surface area (Å²) in [4.78, 5) is 12.9. The maximum absolute atomic E-state index is 10.7. The number of nitrogens with zero attached hydrogens (tertiary/aromatic N) is 1. The van der Waals surface area contributed by atoms with Gasteiger partial charge < -0.3 is 10.2 Å². The van der Waals surface area contributed by atoms with Crippen LogP contribution in [0.5, 0.6) is 0 Å². The Morgan fingerprint density at radius 1 is 1.71 bits per heavy atom. The number of nitrogens with one attached hydrogen (secondary N) is 1. The summed E-state index contributed by atoms with van der Waals surface area (Å²) >= 11 is 0. The lowest BCUT2D eigenvalue weighted by molar-refractivity contribution is -0.118. The van der Waals surface area contributed by atoms with Gasteiger partial charge in [-0.1, -0.05) is 6.08 Å². The van der Waals surface area contributed by atoms with Crippen LogP contribution in [0.1, 0.15) is 20.3 Å². The van der Waals surface area contributed by atoms with E-state index in [9.17, 15) is 4.79 Å². The Labute approximate surface area is 85.5 Å². The normalized spacial score (nSPS) is 21.5. The van der Waals surface area contributed by atoms with Crippen LogP contribution in [0.4, 0.5) is 0 Å². The van der Waals surface area contributed by atoms with Crippen molar-refractivity contribution >= 4 is 5.91 Å². The van der Waals surface area contributed by atoms with Crippen LogP contribution in [0.2, 0.25) is 0 Å². The molecule has 0 radical (unpaired) electrons. The molecule has 1 N–H and O–H groups in total. The first-order valence-corrected chi connectivity index (χ1v) is 4.93. The van der Waals surface area contributed by atoms with Crippen molar-refractivity contribution in [3.8, 4) is 0 Å². The average molecular weight is 194 g/mol. The standard InChI is InChI=1S/C11H18N2O/c1-9-4-5-11(6-7-13(9)3)8-12-10(2)14/h5-7,9H,4,8H2,1-3H3,(H,12,14). The Morgan fingerprint density at radius 3 is 3.07 bits per heavy atom. The molecule has 0 saturated heterocycles. The van der Waals surface area contributed by atoms with Gasteiger partial charge in [-0.05, 0) is 31.2 Å². The predicted molar refractivity (Wildman–Crippen MR) is 57.7 cm³/mol. The van der Waals surface area contributed by atoms with Gasteiger partial charge in [0.25, 0.3) is 0 Å². The lowest BCUT2D eigenvalue weighted by Gasteiger charge is -2.19. The lowest BCUT2D eigenvalue weighted by atomic mass is 10.1. The van der Waals surface area contributed by atoms with E-state index in [1.165, 1.54) is 12.5 Å². The summed E-state index contributed by atoms with van der Waals surface area (Å²) in [5, 5.41) is 2.80. The van der Waals surface area contributed by atoms with Gasteiger partial charge in [-0.25, -0.2) is 0 Å². The third kappa shape index (κ3) is 3.24. The molecule has 1 heterocycles. The van der Waals surface area contributed by atoms with Gasteiger partial charge in [0, 0.05) is 26.6 Å². The lowest BCUT2D eigenvalue weighted by Crippen LogP contribution is -2.21. The zero-order chi connectivity index (χ0) is 10.6. The molecule has 3 nitrogen and oxygen atoms in total. The van der Waals surface area contributed by atoms with Crippen LogP contribution in [0, 0.1) is 0 Å². The quantitative estimate of drug-likeness (QED) is 0.718.